The van der Waals surface area contributed by atoms with E-state index in [9.17, 15) is 4.79 Å². The molecule has 2 aromatic rings. The molecule has 1 heterocycles. The van der Waals surface area contributed by atoms with E-state index in [0.717, 1.165) is 17.9 Å². The molecule has 0 radical (unpaired) electrons. The molecule has 2 aromatic carbocycles. The van der Waals surface area contributed by atoms with Gasteiger partial charge in [-0.2, -0.15) is 0 Å². The fourth-order valence-corrected chi connectivity index (χ4v) is 4.12. The Morgan fingerprint density at radius 2 is 1.77 bits per heavy atom. The van der Waals surface area contributed by atoms with Crippen LogP contribution < -0.4 is 0 Å². The summed E-state index contributed by atoms with van der Waals surface area (Å²) in [4.78, 5) is 14.4. The lowest BCUT2D eigenvalue weighted by Gasteiger charge is -2.16. The van der Waals surface area contributed by atoms with Gasteiger partial charge in [-0.25, -0.2) is 0 Å². The summed E-state index contributed by atoms with van der Waals surface area (Å²) in [5.74, 6) is 1.72. The first-order chi connectivity index (χ1) is 14.4. The lowest BCUT2D eigenvalue weighted by atomic mass is 9.89. The summed E-state index contributed by atoms with van der Waals surface area (Å²) in [6.45, 7) is 11.0. The average molecular weight is 410 g/mol. The molecule has 2 atom stereocenters. The predicted molar refractivity (Wildman–Crippen MR) is 132 cm³/mol. The van der Waals surface area contributed by atoms with Crippen LogP contribution in [0.4, 0.5) is 0 Å². The van der Waals surface area contributed by atoms with E-state index in [1.807, 2.05) is 19.1 Å². The number of rotatable bonds is 6. The van der Waals surface area contributed by atoms with Gasteiger partial charge in [-0.1, -0.05) is 74.9 Å². The minimum Gasteiger partial charge on any atom is -0.306 e. The highest BCUT2D eigenvalue weighted by molar-refractivity contribution is 5.97. The van der Waals surface area contributed by atoms with Crippen LogP contribution in [-0.2, 0) is 6.42 Å². The second kappa shape index (κ2) is 12.7. The van der Waals surface area contributed by atoms with Gasteiger partial charge in [-0.15, -0.1) is 0 Å². The SMILES string of the molecule is CCC(=O)c1ccccc1CC1CCCN(C)CC1.CCC(C)c1ccc(C)cc1.[HH]. The number of carbonyl (C=O) groups is 1. The summed E-state index contributed by atoms with van der Waals surface area (Å²) in [5, 5.41) is 0. The molecule has 166 valence electrons. The zero-order valence-electron chi connectivity index (χ0n) is 19.8. The van der Waals surface area contributed by atoms with Crippen LogP contribution in [0.15, 0.2) is 48.5 Å². The maximum absolute atomic E-state index is 12.0. The van der Waals surface area contributed by atoms with Crippen molar-refractivity contribution in [3.63, 3.8) is 0 Å². The molecule has 0 spiro atoms. The molecule has 0 aliphatic carbocycles. The third-order valence-corrected chi connectivity index (χ3v) is 6.48. The van der Waals surface area contributed by atoms with Gasteiger partial charge >= 0.3 is 0 Å². The van der Waals surface area contributed by atoms with Gasteiger partial charge in [0.05, 0.1) is 0 Å². The lowest BCUT2D eigenvalue weighted by Crippen LogP contribution is -2.19. The predicted octanol–water partition coefficient (Wildman–Crippen LogP) is 7.31. The van der Waals surface area contributed by atoms with Gasteiger partial charge in [-0.3, -0.25) is 4.79 Å². The number of Topliss-reactive ketones (excluding diaryl/α,β-unsaturated/α-hetero) is 1. The molecule has 0 saturated carbocycles. The number of likely N-dealkylation sites (tertiary alicyclic amines) is 1. The molecular formula is C28H43NO. The van der Waals surface area contributed by atoms with E-state index in [2.05, 4.69) is 69.1 Å². The van der Waals surface area contributed by atoms with E-state index < -0.39 is 0 Å². The number of hydrogen-bond acceptors (Lipinski definition) is 2. The highest BCUT2D eigenvalue weighted by Gasteiger charge is 2.18. The topological polar surface area (TPSA) is 20.3 Å². The van der Waals surface area contributed by atoms with E-state index in [4.69, 9.17) is 0 Å². The number of benzene rings is 2. The Morgan fingerprint density at radius 3 is 2.43 bits per heavy atom. The van der Waals surface area contributed by atoms with Crippen molar-refractivity contribution >= 4 is 5.78 Å². The highest BCUT2D eigenvalue weighted by atomic mass is 16.1. The summed E-state index contributed by atoms with van der Waals surface area (Å²) in [7, 11) is 2.21. The summed E-state index contributed by atoms with van der Waals surface area (Å²) in [5.41, 5.74) is 5.00. The van der Waals surface area contributed by atoms with Gasteiger partial charge in [0.25, 0.3) is 0 Å². The zero-order chi connectivity index (χ0) is 21.9. The van der Waals surface area contributed by atoms with Gasteiger partial charge < -0.3 is 4.90 Å². The minimum absolute atomic E-state index is 0. The van der Waals surface area contributed by atoms with Crippen LogP contribution in [0.2, 0.25) is 0 Å². The van der Waals surface area contributed by atoms with Gasteiger partial charge in [0.2, 0.25) is 0 Å². The number of hydrogen-bond donors (Lipinski definition) is 0. The first-order valence-electron chi connectivity index (χ1n) is 11.8. The van der Waals surface area contributed by atoms with Crippen LogP contribution in [0.25, 0.3) is 0 Å². The third kappa shape index (κ3) is 7.72. The van der Waals surface area contributed by atoms with Gasteiger partial charge in [0.15, 0.2) is 5.78 Å². The fourth-order valence-electron chi connectivity index (χ4n) is 4.12. The zero-order valence-corrected chi connectivity index (χ0v) is 19.8. The molecule has 2 unspecified atom stereocenters. The van der Waals surface area contributed by atoms with Crippen LogP contribution >= 0.6 is 0 Å². The van der Waals surface area contributed by atoms with E-state index in [1.54, 1.807) is 0 Å². The third-order valence-electron chi connectivity index (χ3n) is 6.48. The van der Waals surface area contributed by atoms with Crippen molar-refractivity contribution in [2.24, 2.45) is 5.92 Å². The summed E-state index contributed by atoms with van der Waals surface area (Å²) < 4.78 is 0. The second-order valence-electron chi connectivity index (χ2n) is 8.96. The molecule has 3 rings (SSSR count). The fraction of sp³-hybridized carbons (Fsp3) is 0.536. The van der Waals surface area contributed by atoms with Gasteiger partial charge in [0.1, 0.15) is 0 Å². The number of carbonyl (C=O) groups excluding carboxylic acids is 1. The van der Waals surface area contributed by atoms with Crippen molar-refractivity contribution in [2.45, 2.75) is 72.1 Å². The van der Waals surface area contributed by atoms with Crippen LogP contribution in [0.5, 0.6) is 0 Å². The highest BCUT2D eigenvalue weighted by Crippen LogP contribution is 2.24. The normalized spacial score (nSPS) is 18.1. The van der Waals surface area contributed by atoms with Crippen molar-refractivity contribution in [3.8, 4) is 0 Å². The molecule has 0 bridgehead atoms. The average Bonchev–Trinajstić information content (AvgIpc) is 2.98. The molecular weight excluding hydrogens is 366 g/mol. The Kier molecular flexibility index (Phi) is 10.3. The van der Waals surface area contributed by atoms with Crippen LogP contribution in [0.3, 0.4) is 0 Å². The van der Waals surface area contributed by atoms with E-state index in [0.29, 0.717) is 12.3 Å². The molecule has 1 aliphatic heterocycles. The van der Waals surface area contributed by atoms with Gasteiger partial charge in [-0.05, 0) is 82.1 Å². The molecule has 30 heavy (non-hydrogen) atoms. The van der Waals surface area contributed by atoms with Crippen molar-refractivity contribution in [1.29, 1.82) is 0 Å². The molecule has 2 nitrogen and oxygen atoms in total. The minimum atomic E-state index is 0. The number of aryl methyl sites for hydroxylation is 1. The smallest absolute Gasteiger partial charge is 0.162 e. The van der Waals surface area contributed by atoms with Crippen molar-refractivity contribution in [2.75, 3.05) is 20.1 Å². The molecule has 1 saturated heterocycles. The standard InChI is InChI=1S/C17H25NO.C11H16.H2/c1-3-17(19)16-9-5-4-8-15(16)13-14-7-6-11-18(2)12-10-14;1-4-10(3)11-7-5-9(2)6-8-11;/h4-5,8-9,14H,3,6-7,10-13H2,1-2H3;5-8,10H,4H2,1-3H3;1H. The molecule has 0 N–H and O–H groups in total. The first-order valence-corrected chi connectivity index (χ1v) is 11.8. The largest absolute Gasteiger partial charge is 0.306 e. The Balaban J connectivity index is 0.000000344. The monoisotopic (exact) mass is 409 g/mol. The van der Waals surface area contributed by atoms with E-state index >= 15 is 0 Å². The summed E-state index contributed by atoms with van der Waals surface area (Å²) >= 11 is 0. The molecule has 0 aromatic heterocycles. The number of ketones is 1. The van der Waals surface area contributed by atoms with Crippen molar-refractivity contribution < 1.29 is 6.22 Å². The van der Waals surface area contributed by atoms with Crippen molar-refractivity contribution in [3.05, 3.63) is 70.8 Å². The maximum atomic E-state index is 12.0. The van der Waals surface area contributed by atoms with Crippen molar-refractivity contribution in [1.82, 2.24) is 4.90 Å². The number of nitrogens with zero attached hydrogens (tertiary/aromatic N) is 1. The van der Waals surface area contributed by atoms with E-state index in [-0.39, 0.29) is 7.21 Å². The Hall–Kier alpha value is -1.93. The quantitative estimate of drug-likeness (QED) is 0.466. The molecule has 0 amide bonds. The van der Waals surface area contributed by atoms with E-state index in [1.165, 1.54) is 55.5 Å². The Morgan fingerprint density at radius 1 is 1.07 bits per heavy atom. The van der Waals surface area contributed by atoms with Crippen LogP contribution in [0.1, 0.15) is 87.3 Å². The summed E-state index contributed by atoms with van der Waals surface area (Å²) in [6.07, 6.45) is 6.72. The van der Waals surface area contributed by atoms with Crippen LogP contribution in [0, 0.1) is 12.8 Å². The van der Waals surface area contributed by atoms with Gasteiger partial charge in [0, 0.05) is 13.4 Å². The Labute approximate surface area is 186 Å². The molecule has 2 heteroatoms. The lowest BCUT2D eigenvalue weighted by molar-refractivity contribution is 0.0987. The second-order valence-corrected chi connectivity index (χ2v) is 8.96. The molecule has 1 fully saturated rings. The summed E-state index contributed by atoms with van der Waals surface area (Å²) in [6, 6.07) is 17.0. The van der Waals surface area contributed by atoms with Crippen LogP contribution in [-0.4, -0.2) is 30.8 Å². The first kappa shape index (κ1) is 24.3. The maximum Gasteiger partial charge on any atom is 0.162 e. The Bertz CT molecular complexity index is 771. The molecule has 1 aliphatic rings.